The van der Waals surface area contributed by atoms with Crippen molar-refractivity contribution >= 4 is 23.4 Å². The Morgan fingerprint density at radius 1 is 1.62 bits per heavy atom. The number of hydrogen-bond donors (Lipinski definition) is 2. The minimum absolute atomic E-state index is 0.0493. The highest BCUT2D eigenvalue weighted by Crippen LogP contribution is 2.25. The topological polar surface area (TPSA) is 63.3 Å². The maximum absolute atomic E-state index is 10.3. The zero-order valence-corrected chi connectivity index (χ0v) is 8.10. The summed E-state index contributed by atoms with van der Waals surface area (Å²) in [4.78, 5) is 11.1. The molecule has 3 nitrogen and oxygen atoms in total. The number of carboxylic acid groups (broad SMARTS) is 1. The molecule has 4 heteroatoms. The van der Waals surface area contributed by atoms with Crippen LogP contribution in [-0.2, 0) is 4.79 Å². The largest absolute Gasteiger partial charge is 0.481 e. The Kier molecular flexibility index (Phi) is 3.19. The first-order valence-corrected chi connectivity index (χ1v) is 4.79. The molecule has 0 amide bonds. The first-order valence-electron chi connectivity index (χ1n) is 3.80. The molecular formula is C9H11NO2S. The van der Waals surface area contributed by atoms with Crippen LogP contribution >= 0.6 is 11.8 Å². The van der Waals surface area contributed by atoms with E-state index in [2.05, 4.69) is 0 Å². The minimum atomic E-state index is -0.828. The monoisotopic (exact) mass is 197 g/mol. The molecule has 1 rings (SSSR count). The van der Waals surface area contributed by atoms with Crippen molar-refractivity contribution in [1.29, 1.82) is 0 Å². The second-order valence-corrected chi connectivity index (χ2v) is 3.74. The highest BCUT2D eigenvalue weighted by Gasteiger charge is 2.03. The molecule has 0 heterocycles. The lowest BCUT2D eigenvalue weighted by Crippen LogP contribution is -1.98. The minimum Gasteiger partial charge on any atom is -0.481 e. The second-order valence-electron chi connectivity index (χ2n) is 2.72. The quantitative estimate of drug-likeness (QED) is 0.572. The first-order chi connectivity index (χ1) is 6.09. The van der Waals surface area contributed by atoms with Gasteiger partial charge < -0.3 is 10.8 Å². The van der Waals surface area contributed by atoms with Crippen LogP contribution in [0.2, 0.25) is 0 Å². The third kappa shape index (κ3) is 2.99. The number of carbonyl (C=O) groups is 1. The van der Waals surface area contributed by atoms with Gasteiger partial charge in [-0.2, -0.15) is 0 Å². The summed E-state index contributed by atoms with van der Waals surface area (Å²) in [6.07, 6.45) is 0. The van der Waals surface area contributed by atoms with Crippen molar-refractivity contribution in [3.8, 4) is 0 Å². The summed E-state index contributed by atoms with van der Waals surface area (Å²) in [5.74, 6) is -0.779. The van der Waals surface area contributed by atoms with E-state index in [0.717, 1.165) is 10.5 Å². The normalized spacial score (nSPS) is 9.92. The predicted molar refractivity (Wildman–Crippen MR) is 54.0 cm³/mol. The molecule has 0 saturated heterocycles. The number of aliphatic carboxylic acids is 1. The highest BCUT2D eigenvalue weighted by atomic mass is 32.2. The Bertz CT molecular complexity index is 325. The van der Waals surface area contributed by atoms with Crippen molar-refractivity contribution in [2.45, 2.75) is 11.8 Å². The molecule has 1 aromatic carbocycles. The number of benzene rings is 1. The van der Waals surface area contributed by atoms with E-state index in [-0.39, 0.29) is 5.75 Å². The smallest absolute Gasteiger partial charge is 0.313 e. The number of rotatable bonds is 3. The molecule has 70 valence electrons. The van der Waals surface area contributed by atoms with E-state index in [4.69, 9.17) is 10.8 Å². The van der Waals surface area contributed by atoms with Crippen molar-refractivity contribution < 1.29 is 9.90 Å². The molecule has 0 spiro atoms. The van der Waals surface area contributed by atoms with Gasteiger partial charge in [-0.25, -0.2) is 0 Å². The molecule has 0 unspecified atom stereocenters. The average Bonchev–Trinajstić information content (AvgIpc) is 2.06. The van der Waals surface area contributed by atoms with Crippen LogP contribution in [0.3, 0.4) is 0 Å². The Morgan fingerprint density at radius 3 is 2.92 bits per heavy atom. The van der Waals surface area contributed by atoms with Gasteiger partial charge >= 0.3 is 5.97 Å². The molecular weight excluding hydrogens is 186 g/mol. The van der Waals surface area contributed by atoms with Gasteiger partial charge in [-0.05, 0) is 24.6 Å². The summed E-state index contributed by atoms with van der Waals surface area (Å²) < 4.78 is 0. The van der Waals surface area contributed by atoms with Gasteiger partial charge in [0.1, 0.15) is 0 Å². The number of carboxylic acids is 1. The summed E-state index contributed by atoms with van der Waals surface area (Å²) in [5.41, 5.74) is 7.38. The van der Waals surface area contributed by atoms with E-state index in [1.807, 2.05) is 19.1 Å². The van der Waals surface area contributed by atoms with Crippen molar-refractivity contribution in [3.63, 3.8) is 0 Å². The van der Waals surface area contributed by atoms with E-state index in [1.54, 1.807) is 6.07 Å². The molecule has 1 aromatic rings. The zero-order chi connectivity index (χ0) is 9.84. The number of aryl methyl sites for hydroxylation is 1. The molecule has 0 aliphatic rings. The van der Waals surface area contributed by atoms with E-state index < -0.39 is 5.97 Å². The molecule has 0 atom stereocenters. The SMILES string of the molecule is Cc1ccc(N)c(SCC(=O)O)c1. The second kappa shape index (κ2) is 4.18. The van der Waals surface area contributed by atoms with Crippen LogP contribution in [-0.4, -0.2) is 16.8 Å². The van der Waals surface area contributed by atoms with Crippen LogP contribution < -0.4 is 5.73 Å². The number of nitrogens with two attached hydrogens (primary N) is 1. The molecule has 0 fully saturated rings. The van der Waals surface area contributed by atoms with Gasteiger partial charge in [-0.15, -0.1) is 11.8 Å². The molecule has 0 radical (unpaired) electrons. The molecule has 0 saturated carbocycles. The summed E-state index contributed by atoms with van der Waals surface area (Å²) in [6.45, 7) is 1.95. The number of thioether (sulfide) groups is 1. The standard InChI is InChI=1S/C9H11NO2S/c1-6-2-3-7(10)8(4-6)13-5-9(11)12/h2-4H,5,10H2,1H3,(H,11,12). The zero-order valence-electron chi connectivity index (χ0n) is 7.28. The number of anilines is 1. The summed E-state index contributed by atoms with van der Waals surface area (Å²) >= 11 is 1.24. The maximum Gasteiger partial charge on any atom is 0.313 e. The molecule has 0 aromatic heterocycles. The van der Waals surface area contributed by atoms with Gasteiger partial charge in [0.15, 0.2) is 0 Å². The van der Waals surface area contributed by atoms with E-state index in [1.165, 1.54) is 11.8 Å². The van der Waals surface area contributed by atoms with Gasteiger partial charge in [0.2, 0.25) is 0 Å². The molecule has 0 aliphatic heterocycles. The Balaban J connectivity index is 2.75. The van der Waals surface area contributed by atoms with Crippen LogP contribution in [0.1, 0.15) is 5.56 Å². The lowest BCUT2D eigenvalue weighted by molar-refractivity contribution is -0.133. The lowest BCUT2D eigenvalue weighted by Gasteiger charge is -2.04. The summed E-state index contributed by atoms with van der Waals surface area (Å²) in [7, 11) is 0. The van der Waals surface area contributed by atoms with Crippen molar-refractivity contribution in [1.82, 2.24) is 0 Å². The molecule has 0 aliphatic carbocycles. The average molecular weight is 197 g/mol. The third-order valence-corrected chi connectivity index (χ3v) is 2.58. The van der Waals surface area contributed by atoms with Crippen molar-refractivity contribution in [3.05, 3.63) is 23.8 Å². The fourth-order valence-corrected chi connectivity index (χ4v) is 1.69. The van der Waals surface area contributed by atoms with Crippen molar-refractivity contribution in [2.24, 2.45) is 0 Å². The third-order valence-electron chi connectivity index (χ3n) is 1.52. The van der Waals surface area contributed by atoms with E-state index in [0.29, 0.717) is 5.69 Å². The van der Waals surface area contributed by atoms with Crippen LogP contribution in [0.25, 0.3) is 0 Å². The van der Waals surface area contributed by atoms with Crippen molar-refractivity contribution in [2.75, 3.05) is 11.5 Å². The fourth-order valence-electron chi connectivity index (χ4n) is 0.906. The Morgan fingerprint density at radius 2 is 2.31 bits per heavy atom. The predicted octanol–water partition coefficient (Wildman–Crippen LogP) is 1.75. The first kappa shape index (κ1) is 9.92. The highest BCUT2D eigenvalue weighted by molar-refractivity contribution is 8.00. The van der Waals surface area contributed by atoms with Crippen LogP contribution in [0.4, 0.5) is 5.69 Å². The number of nitrogen functional groups attached to an aromatic ring is 1. The van der Waals surface area contributed by atoms with Gasteiger partial charge in [0, 0.05) is 10.6 Å². The van der Waals surface area contributed by atoms with Gasteiger partial charge in [0.25, 0.3) is 0 Å². The maximum atomic E-state index is 10.3. The summed E-state index contributed by atoms with van der Waals surface area (Å²) in [5, 5.41) is 8.47. The number of hydrogen-bond acceptors (Lipinski definition) is 3. The molecule has 3 N–H and O–H groups in total. The van der Waals surface area contributed by atoms with Crippen LogP contribution in [0.5, 0.6) is 0 Å². The molecule has 13 heavy (non-hydrogen) atoms. The van der Waals surface area contributed by atoms with Gasteiger partial charge in [-0.1, -0.05) is 6.07 Å². The summed E-state index contributed by atoms with van der Waals surface area (Å²) in [6, 6.07) is 5.59. The lowest BCUT2D eigenvalue weighted by atomic mass is 10.2. The van der Waals surface area contributed by atoms with Gasteiger partial charge in [-0.3, -0.25) is 4.79 Å². The fraction of sp³-hybridized carbons (Fsp3) is 0.222. The van der Waals surface area contributed by atoms with Crippen LogP contribution in [0.15, 0.2) is 23.1 Å². The Hall–Kier alpha value is -1.16. The molecule has 0 bridgehead atoms. The van der Waals surface area contributed by atoms with Gasteiger partial charge in [0.05, 0.1) is 5.75 Å². The van der Waals surface area contributed by atoms with E-state index in [9.17, 15) is 4.79 Å². The Labute approximate surface area is 80.9 Å². The van der Waals surface area contributed by atoms with Crippen LogP contribution in [0, 0.1) is 6.92 Å². The van der Waals surface area contributed by atoms with E-state index >= 15 is 0 Å².